The number of aromatic nitrogens is 2. The molecule has 0 atom stereocenters. The molecule has 1 aromatic heterocycles. The van der Waals surface area contributed by atoms with Gasteiger partial charge in [0.1, 0.15) is 0 Å². The first-order valence-corrected chi connectivity index (χ1v) is 5.41. The Hall–Kier alpha value is -0.830. The number of halogens is 1. The first-order chi connectivity index (χ1) is 6.88. The minimum atomic E-state index is 0.382. The van der Waals surface area contributed by atoms with E-state index in [-0.39, 0.29) is 0 Å². The molecule has 0 spiro atoms. The topological polar surface area (TPSA) is 35.0 Å². The molecular formula is C10H13ClN2O. The summed E-state index contributed by atoms with van der Waals surface area (Å²) in [6, 6.07) is 0. The summed E-state index contributed by atoms with van der Waals surface area (Å²) in [5.41, 5.74) is 0.760. The molecule has 0 saturated heterocycles. The van der Waals surface area contributed by atoms with Crippen molar-refractivity contribution in [2.75, 3.05) is 6.61 Å². The molecule has 76 valence electrons. The Morgan fingerprint density at radius 3 is 3.00 bits per heavy atom. The highest BCUT2D eigenvalue weighted by atomic mass is 35.5. The van der Waals surface area contributed by atoms with Crippen LogP contribution in [0.15, 0.2) is 12.4 Å². The van der Waals surface area contributed by atoms with Gasteiger partial charge in [0.25, 0.3) is 0 Å². The Labute approximate surface area is 88.5 Å². The minimum absolute atomic E-state index is 0.382. The van der Waals surface area contributed by atoms with Gasteiger partial charge in [0.15, 0.2) is 0 Å². The third kappa shape index (κ3) is 2.84. The molecule has 1 aromatic rings. The summed E-state index contributed by atoms with van der Waals surface area (Å²) < 4.78 is 5.47. The van der Waals surface area contributed by atoms with Crippen LogP contribution in [0.25, 0.3) is 0 Å². The second-order valence-corrected chi connectivity index (χ2v) is 3.83. The van der Waals surface area contributed by atoms with E-state index in [0.29, 0.717) is 11.8 Å². The van der Waals surface area contributed by atoms with E-state index < -0.39 is 0 Å². The summed E-state index contributed by atoms with van der Waals surface area (Å²) in [5.74, 6) is 1.86. The van der Waals surface area contributed by atoms with Gasteiger partial charge in [-0.25, -0.2) is 4.98 Å². The SMILES string of the molecule is ClCc1cncc(OCCC2CC2)n1. The molecule has 0 aliphatic heterocycles. The molecule has 1 saturated carbocycles. The van der Waals surface area contributed by atoms with Gasteiger partial charge in [-0.1, -0.05) is 12.8 Å². The van der Waals surface area contributed by atoms with Crippen LogP contribution in [-0.2, 0) is 5.88 Å². The summed E-state index contributed by atoms with van der Waals surface area (Å²) in [5, 5.41) is 0. The Kier molecular flexibility index (Phi) is 3.19. The van der Waals surface area contributed by atoms with Crippen molar-refractivity contribution in [2.45, 2.75) is 25.1 Å². The molecule has 3 nitrogen and oxygen atoms in total. The van der Waals surface area contributed by atoms with Crippen molar-refractivity contribution in [3.05, 3.63) is 18.1 Å². The fraction of sp³-hybridized carbons (Fsp3) is 0.600. The van der Waals surface area contributed by atoms with Crippen LogP contribution in [0.3, 0.4) is 0 Å². The van der Waals surface area contributed by atoms with Gasteiger partial charge in [-0.05, 0) is 12.3 Å². The van der Waals surface area contributed by atoms with Gasteiger partial charge in [0.2, 0.25) is 5.88 Å². The number of nitrogens with zero attached hydrogens (tertiary/aromatic N) is 2. The second kappa shape index (κ2) is 4.60. The number of hydrogen-bond donors (Lipinski definition) is 0. The van der Waals surface area contributed by atoms with Crippen molar-refractivity contribution in [3.63, 3.8) is 0 Å². The van der Waals surface area contributed by atoms with Gasteiger partial charge in [0, 0.05) is 6.20 Å². The lowest BCUT2D eigenvalue weighted by Crippen LogP contribution is -2.01. The normalized spacial score (nSPS) is 15.5. The van der Waals surface area contributed by atoms with E-state index in [1.807, 2.05) is 0 Å². The molecule has 1 aliphatic rings. The summed E-state index contributed by atoms with van der Waals surface area (Å²) in [7, 11) is 0. The van der Waals surface area contributed by atoms with E-state index in [9.17, 15) is 0 Å². The summed E-state index contributed by atoms with van der Waals surface area (Å²) in [6.07, 6.45) is 7.13. The van der Waals surface area contributed by atoms with E-state index in [1.54, 1.807) is 12.4 Å². The first-order valence-electron chi connectivity index (χ1n) is 4.88. The van der Waals surface area contributed by atoms with Crippen LogP contribution in [-0.4, -0.2) is 16.6 Å². The Bertz CT molecular complexity index is 302. The summed E-state index contributed by atoms with van der Waals surface area (Å²) >= 11 is 5.64. The highest BCUT2D eigenvalue weighted by molar-refractivity contribution is 6.16. The zero-order valence-corrected chi connectivity index (χ0v) is 8.70. The van der Waals surface area contributed by atoms with Crippen LogP contribution in [0.4, 0.5) is 0 Å². The summed E-state index contributed by atoms with van der Waals surface area (Å²) in [6.45, 7) is 0.741. The predicted octanol–water partition coefficient (Wildman–Crippen LogP) is 2.39. The molecule has 2 rings (SSSR count). The fourth-order valence-corrected chi connectivity index (χ4v) is 1.39. The lowest BCUT2D eigenvalue weighted by atomic mass is 10.3. The predicted molar refractivity (Wildman–Crippen MR) is 54.4 cm³/mol. The molecule has 14 heavy (non-hydrogen) atoms. The Morgan fingerprint density at radius 2 is 2.29 bits per heavy atom. The van der Waals surface area contributed by atoms with Gasteiger partial charge >= 0.3 is 0 Å². The van der Waals surface area contributed by atoms with Crippen molar-refractivity contribution in [2.24, 2.45) is 5.92 Å². The van der Waals surface area contributed by atoms with Crippen molar-refractivity contribution in [1.29, 1.82) is 0 Å². The average Bonchev–Trinajstić information content (AvgIpc) is 3.02. The molecule has 1 fully saturated rings. The van der Waals surface area contributed by atoms with Crippen molar-refractivity contribution in [3.8, 4) is 5.88 Å². The first kappa shape index (κ1) is 9.71. The van der Waals surface area contributed by atoms with Crippen LogP contribution in [0.2, 0.25) is 0 Å². The quantitative estimate of drug-likeness (QED) is 0.703. The van der Waals surface area contributed by atoms with E-state index in [4.69, 9.17) is 16.3 Å². The average molecular weight is 213 g/mol. The maximum atomic E-state index is 5.64. The molecule has 0 unspecified atom stereocenters. The van der Waals surface area contributed by atoms with Crippen molar-refractivity contribution >= 4 is 11.6 Å². The Morgan fingerprint density at radius 1 is 1.43 bits per heavy atom. The van der Waals surface area contributed by atoms with Gasteiger partial charge < -0.3 is 4.74 Å². The number of hydrogen-bond acceptors (Lipinski definition) is 3. The van der Waals surface area contributed by atoms with Crippen molar-refractivity contribution < 1.29 is 4.74 Å². The maximum absolute atomic E-state index is 5.64. The number of rotatable bonds is 5. The zero-order chi connectivity index (χ0) is 9.80. The monoisotopic (exact) mass is 212 g/mol. The number of ether oxygens (including phenoxy) is 1. The standard InChI is InChI=1S/C10H13ClN2O/c11-5-9-6-12-7-10(13-9)14-4-3-8-1-2-8/h6-8H,1-5H2. The molecule has 0 amide bonds. The summed E-state index contributed by atoms with van der Waals surface area (Å²) in [4.78, 5) is 8.19. The van der Waals surface area contributed by atoms with E-state index >= 15 is 0 Å². The van der Waals surface area contributed by atoms with E-state index in [0.717, 1.165) is 24.6 Å². The molecule has 0 radical (unpaired) electrons. The Balaban J connectivity index is 1.81. The van der Waals surface area contributed by atoms with Crippen LogP contribution < -0.4 is 4.74 Å². The largest absolute Gasteiger partial charge is 0.477 e. The zero-order valence-electron chi connectivity index (χ0n) is 7.95. The van der Waals surface area contributed by atoms with Gasteiger partial charge in [-0.2, -0.15) is 0 Å². The highest BCUT2D eigenvalue weighted by Crippen LogP contribution is 2.32. The molecular weight excluding hydrogens is 200 g/mol. The van der Waals surface area contributed by atoms with Crippen LogP contribution in [0.5, 0.6) is 5.88 Å². The third-order valence-corrected chi connectivity index (χ3v) is 2.55. The van der Waals surface area contributed by atoms with Gasteiger partial charge in [-0.3, -0.25) is 4.98 Å². The lowest BCUT2D eigenvalue weighted by molar-refractivity contribution is 0.289. The third-order valence-electron chi connectivity index (χ3n) is 2.27. The smallest absolute Gasteiger partial charge is 0.232 e. The van der Waals surface area contributed by atoms with Crippen LogP contribution in [0.1, 0.15) is 25.0 Å². The van der Waals surface area contributed by atoms with Gasteiger partial charge in [-0.15, -0.1) is 11.6 Å². The minimum Gasteiger partial charge on any atom is -0.477 e. The maximum Gasteiger partial charge on any atom is 0.232 e. The fourth-order valence-electron chi connectivity index (χ4n) is 1.26. The molecule has 1 heterocycles. The van der Waals surface area contributed by atoms with E-state index in [2.05, 4.69) is 9.97 Å². The van der Waals surface area contributed by atoms with Crippen molar-refractivity contribution in [1.82, 2.24) is 9.97 Å². The molecule has 4 heteroatoms. The van der Waals surface area contributed by atoms with Gasteiger partial charge in [0.05, 0.1) is 24.4 Å². The molecule has 0 N–H and O–H groups in total. The molecule has 0 bridgehead atoms. The van der Waals surface area contributed by atoms with E-state index in [1.165, 1.54) is 12.8 Å². The lowest BCUT2D eigenvalue weighted by Gasteiger charge is -2.04. The highest BCUT2D eigenvalue weighted by Gasteiger charge is 2.20. The second-order valence-electron chi connectivity index (χ2n) is 3.56. The number of alkyl halides is 1. The van der Waals surface area contributed by atoms with Crippen LogP contribution in [0, 0.1) is 5.92 Å². The molecule has 0 aromatic carbocycles. The van der Waals surface area contributed by atoms with Crippen LogP contribution >= 0.6 is 11.6 Å². The molecule has 1 aliphatic carbocycles.